The predicted octanol–water partition coefficient (Wildman–Crippen LogP) is 1.71. The molecule has 1 heterocycles. The van der Waals surface area contributed by atoms with E-state index in [4.69, 9.17) is 5.73 Å². The molecule has 1 aromatic rings. The molecule has 0 amide bonds. The first-order chi connectivity index (χ1) is 8.97. The quantitative estimate of drug-likeness (QED) is 0.511. The molecule has 1 fully saturated rings. The highest BCUT2D eigenvalue weighted by Crippen LogP contribution is 2.28. The number of hydrogen-bond donors (Lipinski definition) is 1. The van der Waals surface area contributed by atoms with Gasteiger partial charge in [0, 0.05) is 42.6 Å². The summed E-state index contributed by atoms with van der Waals surface area (Å²) in [5, 5.41) is 10.9. The van der Waals surface area contributed by atoms with Crippen molar-refractivity contribution in [3.63, 3.8) is 0 Å². The molecule has 19 heavy (non-hydrogen) atoms. The summed E-state index contributed by atoms with van der Waals surface area (Å²) in [5.74, 6) is 0. The molecule has 1 aromatic carbocycles. The zero-order chi connectivity index (χ0) is 14.0. The Bertz CT molecular complexity index is 468. The Morgan fingerprint density at radius 2 is 1.95 bits per heavy atom. The zero-order valence-electron chi connectivity index (χ0n) is 11.4. The Kier molecular flexibility index (Phi) is 3.90. The van der Waals surface area contributed by atoms with Crippen LogP contribution in [0.2, 0.25) is 0 Å². The van der Waals surface area contributed by atoms with E-state index in [0.717, 1.165) is 31.6 Å². The van der Waals surface area contributed by atoms with Gasteiger partial charge in [-0.25, -0.2) is 0 Å². The molecule has 2 rings (SSSR count). The number of nitro benzene ring substituents is 1. The molecule has 0 unspecified atom stereocenters. The van der Waals surface area contributed by atoms with Gasteiger partial charge in [0.25, 0.3) is 5.69 Å². The average molecular weight is 264 g/mol. The topological polar surface area (TPSA) is 75.6 Å². The van der Waals surface area contributed by atoms with Crippen LogP contribution < -0.4 is 10.6 Å². The number of nitrogens with zero attached hydrogens (tertiary/aromatic N) is 3. The Labute approximate surface area is 112 Å². The molecule has 2 N–H and O–H groups in total. The number of nitrogens with two attached hydrogens (primary N) is 1. The number of nitro groups is 1. The van der Waals surface area contributed by atoms with Crippen LogP contribution >= 0.6 is 0 Å². The molecule has 6 nitrogen and oxygen atoms in total. The van der Waals surface area contributed by atoms with Crippen LogP contribution in [0.1, 0.15) is 12.8 Å². The maximum Gasteiger partial charge on any atom is 0.273 e. The van der Waals surface area contributed by atoms with E-state index >= 15 is 0 Å². The molecule has 0 radical (unpaired) electrons. The zero-order valence-corrected chi connectivity index (χ0v) is 11.4. The van der Waals surface area contributed by atoms with Gasteiger partial charge >= 0.3 is 0 Å². The van der Waals surface area contributed by atoms with Crippen LogP contribution in [0.15, 0.2) is 18.2 Å². The minimum atomic E-state index is -0.396. The van der Waals surface area contributed by atoms with Crippen LogP contribution in [-0.4, -0.2) is 43.0 Å². The van der Waals surface area contributed by atoms with Crippen molar-refractivity contribution in [2.45, 2.75) is 18.9 Å². The van der Waals surface area contributed by atoms with Gasteiger partial charge in [-0.05, 0) is 33.0 Å². The van der Waals surface area contributed by atoms with Gasteiger partial charge in [0.05, 0.1) is 4.92 Å². The highest BCUT2D eigenvalue weighted by molar-refractivity contribution is 5.62. The lowest BCUT2D eigenvalue weighted by atomic mass is 10.0. The first-order valence-corrected chi connectivity index (χ1v) is 6.43. The molecule has 0 bridgehead atoms. The van der Waals surface area contributed by atoms with Crippen molar-refractivity contribution in [2.75, 3.05) is 37.8 Å². The number of non-ortho nitro benzene ring substituents is 1. The maximum atomic E-state index is 10.9. The van der Waals surface area contributed by atoms with Crippen molar-refractivity contribution in [2.24, 2.45) is 0 Å². The van der Waals surface area contributed by atoms with Gasteiger partial charge in [-0.15, -0.1) is 0 Å². The van der Waals surface area contributed by atoms with Crippen LogP contribution in [0.3, 0.4) is 0 Å². The summed E-state index contributed by atoms with van der Waals surface area (Å²) in [4.78, 5) is 14.9. The summed E-state index contributed by atoms with van der Waals surface area (Å²) in [7, 11) is 4.18. The lowest BCUT2D eigenvalue weighted by Crippen LogP contribution is -2.42. The summed E-state index contributed by atoms with van der Waals surface area (Å²) >= 11 is 0. The molecule has 0 aliphatic carbocycles. The van der Waals surface area contributed by atoms with Gasteiger partial charge in [-0.3, -0.25) is 10.1 Å². The van der Waals surface area contributed by atoms with Crippen LogP contribution in [0.4, 0.5) is 17.1 Å². The van der Waals surface area contributed by atoms with Crippen LogP contribution in [0, 0.1) is 10.1 Å². The van der Waals surface area contributed by atoms with Crippen molar-refractivity contribution in [1.82, 2.24) is 4.90 Å². The third kappa shape index (κ3) is 3.14. The van der Waals surface area contributed by atoms with Crippen LogP contribution in [0.25, 0.3) is 0 Å². The standard InChI is InChI=1S/C13H20N4O2/c1-15(2)11-3-5-16(6-4-11)12-7-10(14)8-13(9-12)17(18)19/h7-9,11H,3-6,14H2,1-2H3. The molecule has 0 saturated carbocycles. The van der Waals surface area contributed by atoms with E-state index in [9.17, 15) is 10.1 Å². The molecule has 1 aliphatic heterocycles. The Morgan fingerprint density at radius 3 is 2.47 bits per heavy atom. The van der Waals surface area contributed by atoms with Gasteiger partial charge in [-0.1, -0.05) is 0 Å². The number of anilines is 2. The first-order valence-electron chi connectivity index (χ1n) is 6.43. The van der Waals surface area contributed by atoms with Gasteiger partial charge in [0.2, 0.25) is 0 Å². The molecule has 0 aromatic heterocycles. The summed E-state index contributed by atoms with van der Waals surface area (Å²) in [6.45, 7) is 1.81. The van der Waals surface area contributed by atoms with Crippen molar-refractivity contribution in [1.29, 1.82) is 0 Å². The first kappa shape index (κ1) is 13.6. The minimum Gasteiger partial charge on any atom is -0.398 e. The van der Waals surface area contributed by atoms with Crippen LogP contribution in [-0.2, 0) is 0 Å². The van der Waals surface area contributed by atoms with Crippen molar-refractivity contribution < 1.29 is 4.92 Å². The van der Waals surface area contributed by atoms with Gasteiger partial charge in [0.1, 0.15) is 0 Å². The largest absolute Gasteiger partial charge is 0.398 e. The highest BCUT2D eigenvalue weighted by atomic mass is 16.6. The molecule has 0 atom stereocenters. The number of nitrogen functional groups attached to an aromatic ring is 1. The van der Waals surface area contributed by atoms with E-state index < -0.39 is 4.92 Å². The van der Waals surface area contributed by atoms with E-state index in [0.29, 0.717) is 11.7 Å². The SMILES string of the molecule is CN(C)C1CCN(c2cc(N)cc([N+](=O)[O-])c2)CC1. The second-order valence-electron chi connectivity index (χ2n) is 5.22. The van der Waals surface area contributed by atoms with Crippen molar-refractivity contribution >= 4 is 17.1 Å². The number of hydrogen-bond acceptors (Lipinski definition) is 5. The number of rotatable bonds is 3. The van der Waals surface area contributed by atoms with E-state index in [-0.39, 0.29) is 5.69 Å². The van der Waals surface area contributed by atoms with Gasteiger partial charge < -0.3 is 15.5 Å². The Hall–Kier alpha value is -1.82. The summed E-state index contributed by atoms with van der Waals surface area (Å²) in [6, 6.07) is 5.40. The monoisotopic (exact) mass is 264 g/mol. The smallest absolute Gasteiger partial charge is 0.273 e. The lowest BCUT2D eigenvalue weighted by molar-refractivity contribution is -0.384. The Morgan fingerprint density at radius 1 is 1.32 bits per heavy atom. The average Bonchev–Trinajstić information content (AvgIpc) is 2.38. The van der Waals surface area contributed by atoms with Gasteiger partial charge in [-0.2, -0.15) is 0 Å². The van der Waals surface area contributed by atoms with Crippen molar-refractivity contribution in [3.05, 3.63) is 28.3 Å². The maximum absolute atomic E-state index is 10.9. The fourth-order valence-electron chi connectivity index (χ4n) is 2.55. The molecule has 1 saturated heterocycles. The minimum absolute atomic E-state index is 0.0599. The van der Waals surface area contributed by atoms with E-state index in [1.165, 1.54) is 6.07 Å². The molecule has 104 valence electrons. The fraction of sp³-hybridized carbons (Fsp3) is 0.538. The third-order valence-corrected chi connectivity index (χ3v) is 3.70. The van der Waals surface area contributed by atoms with E-state index in [2.05, 4.69) is 23.9 Å². The van der Waals surface area contributed by atoms with Gasteiger partial charge in [0.15, 0.2) is 0 Å². The summed E-state index contributed by atoms with van der Waals surface area (Å²) in [6.07, 6.45) is 2.13. The molecular formula is C13H20N4O2. The molecular weight excluding hydrogens is 244 g/mol. The second kappa shape index (κ2) is 5.44. The molecule has 1 aliphatic rings. The summed E-state index contributed by atoms with van der Waals surface area (Å²) < 4.78 is 0. The highest BCUT2D eigenvalue weighted by Gasteiger charge is 2.22. The number of benzene rings is 1. The second-order valence-corrected chi connectivity index (χ2v) is 5.22. The predicted molar refractivity (Wildman–Crippen MR) is 76.4 cm³/mol. The molecule has 0 spiro atoms. The fourth-order valence-corrected chi connectivity index (χ4v) is 2.55. The summed E-state index contributed by atoms with van der Waals surface area (Å²) in [5.41, 5.74) is 7.09. The lowest BCUT2D eigenvalue weighted by Gasteiger charge is -2.36. The number of piperidine rings is 1. The third-order valence-electron chi connectivity index (χ3n) is 3.70. The van der Waals surface area contributed by atoms with Crippen LogP contribution in [0.5, 0.6) is 0 Å². The van der Waals surface area contributed by atoms with E-state index in [1.54, 1.807) is 6.07 Å². The molecule has 6 heteroatoms. The van der Waals surface area contributed by atoms with E-state index in [1.807, 2.05) is 6.07 Å². The normalized spacial score (nSPS) is 16.9. The van der Waals surface area contributed by atoms with Crippen molar-refractivity contribution in [3.8, 4) is 0 Å². The Balaban J connectivity index is 2.13.